The maximum atomic E-state index is 12.4. The summed E-state index contributed by atoms with van der Waals surface area (Å²) in [4.78, 5) is 26.9. The highest BCUT2D eigenvalue weighted by Crippen LogP contribution is 2.38. The molecule has 10 heteroatoms. The third-order valence-corrected chi connectivity index (χ3v) is 5.93. The van der Waals surface area contributed by atoms with Crippen LogP contribution in [0.2, 0.25) is 0 Å². The van der Waals surface area contributed by atoms with Crippen LogP contribution in [0.15, 0.2) is 36.1 Å². The predicted molar refractivity (Wildman–Crippen MR) is 109 cm³/mol. The highest BCUT2D eigenvalue weighted by molar-refractivity contribution is 7.18. The summed E-state index contributed by atoms with van der Waals surface area (Å²) < 4.78 is 5.65. The Morgan fingerprint density at radius 2 is 2.21 bits per heavy atom. The van der Waals surface area contributed by atoms with E-state index >= 15 is 0 Å². The van der Waals surface area contributed by atoms with Gasteiger partial charge in [-0.15, -0.1) is 22.7 Å². The molecular weight excluding hydrogens is 396 g/mol. The van der Waals surface area contributed by atoms with Crippen LogP contribution in [0.3, 0.4) is 0 Å². The molecule has 4 heterocycles. The minimum atomic E-state index is -0.173. The Bertz CT molecular complexity index is 1100. The van der Waals surface area contributed by atoms with Crippen LogP contribution in [0.25, 0.3) is 21.3 Å². The van der Waals surface area contributed by atoms with Crippen molar-refractivity contribution in [1.29, 1.82) is 0 Å². The quantitative estimate of drug-likeness (QED) is 0.496. The van der Waals surface area contributed by atoms with Gasteiger partial charge in [-0.25, -0.2) is 15.0 Å². The van der Waals surface area contributed by atoms with Crippen LogP contribution in [0, 0.1) is 6.92 Å². The molecule has 0 saturated carbocycles. The highest BCUT2D eigenvalue weighted by atomic mass is 32.1. The number of carbonyl (C=O) groups excluding carboxylic acids is 1. The molecule has 0 aliphatic carbocycles. The number of pyridine rings is 1. The summed E-state index contributed by atoms with van der Waals surface area (Å²) in [5.41, 5.74) is 1.77. The maximum Gasteiger partial charge on any atom is 0.267 e. The van der Waals surface area contributed by atoms with Gasteiger partial charge in [-0.3, -0.25) is 9.89 Å². The van der Waals surface area contributed by atoms with Crippen molar-refractivity contribution < 1.29 is 9.53 Å². The monoisotopic (exact) mass is 412 g/mol. The molecule has 4 aromatic heterocycles. The van der Waals surface area contributed by atoms with Crippen molar-refractivity contribution >= 4 is 34.4 Å². The molecule has 1 amide bonds. The van der Waals surface area contributed by atoms with Crippen molar-refractivity contribution in [3.05, 3.63) is 46.5 Å². The lowest BCUT2D eigenvalue weighted by Crippen LogP contribution is -2.12. The Balaban J connectivity index is 1.63. The minimum Gasteiger partial charge on any atom is -0.477 e. The van der Waals surface area contributed by atoms with E-state index in [1.807, 2.05) is 31.4 Å². The molecule has 0 fully saturated rings. The Kier molecular flexibility index (Phi) is 5.13. The largest absolute Gasteiger partial charge is 0.477 e. The van der Waals surface area contributed by atoms with Gasteiger partial charge in [0.2, 0.25) is 5.88 Å². The van der Waals surface area contributed by atoms with Crippen LogP contribution in [0.5, 0.6) is 5.88 Å². The topological polar surface area (TPSA) is 106 Å². The molecule has 28 heavy (non-hydrogen) atoms. The van der Waals surface area contributed by atoms with Crippen LogP contribution >= 0.6 is 22.7 Å². The predicted octanol–water partition coefficient (Wildman–Crippen LogP) is 4.01. The number of thiophene rings is 1. The van der Waals surface area contributed by atoms with Crippen LogP contribution in [0.1, 0.15) is 22.2 Å². The number of H-pyrrole nitrogens is 1. The van der Waals surface area contributed by atoms with Crippen LogP contribution in [-0.4, -0.2) is 37.7 Å². The Morgan fingerprint density at radius 1 is 1.32 bits per heavy atom. The smallest absolute Gasteiger partial charge is 0.267 e. The van der Waals surface area contributed by atoms with Crippen molar-refractivity contribution in [1.82, 2.24) is 25.1 Å². The Morgan fingerprint density at radius 3 is 2.93 bits per heavy atom. The zero-order valence-electron chi connectivity index (χ0n) is 15.1. The summed E-state index contributed by atoms with van der Waals surface area (Å²) in [6.07, 6.45) is 3.08. The Labute approximate surface area is 168 Å². The van der Waals surface area contributed by atoms with Gasteiger partial charge in [-0.1, -0.05) is 0 Å². The lowest BCUT2D eigenvalue weighted by Gasteiger charge is -2.05. The van der Waals surface area contributed by atoms with E-state index in [9.17, 15) is 4.79 Å². The average Bonchev–Trinajstić information content (AvgIpc) is 3.42. The fourth-order valence-electron chi connectivity index (χ4n) is 2.54. The zero-order valence-corrected chi connectivity index (χ0v) is 16.7. The van der Waals surface area contributed by atoms with Crippen molar-refractivity contribution in [2.75, 3.05) is 11.9 Å². The summed E-state index contributed by atoms with van der Waals surface area (Å²) in [7, 11) is 0. The number of ether oxygens (including phenoxy) is 1. The summed E-state index contributed by atoms with van der Waals surface area (Å²) >= 11 is 2.83. The van der Waals surface area contributed by atoms with Gasteiger partial charge in [-0.05, 0) is 43.0 Å². The van der Waals surface area contributed by atoms with E-state index in [4.69, 9.17) is 4.74 Å². The van der Waals surface area contributed by atoms with Gasteiger partial charge < -0.3 is 10.1 Å². The van der Waals surface area contributed by atoms with Crippen molar-refractivity contribution in [2.45, 2.75) is 13.8 Å². The molecule has 0 aliphatic heterocycles. The molecule has 0 bridgehead atoms. The third-order valence-electron chi connectivity index (χ3n) is 3.82. The van der Waals surface area contributed by atoms with E-state index in [2.05, 4.69) is 30.5 Å². The first kappa shape index (κ1) is 18.3. The molecule has 0 saturated heterocycles. The van der Waals surface area contributed by atoms with E-state index in [1.165, 1.54) is 29.0 Å². The number of aromatic nitrogens is 5. The standard InChI is InChI=1S/C18H16N6O2S2/c1-3-26-17-14(15-20-9-21-24-15)28-18(23-17)11-4-6-19-12(8-11)22-16(25)13-10(2)5-7-27-13/h4-9H,3H2,1-2H3,(H,19,22,25)(H,20,21,24). The van der Waals surface area contributed by atoms with Gasteiger partial charge in [0, 0.05) is 11.8 Å². The van der Waals surface area contributed by atoms with Gasteiger partial charge in [0.15, 0.2) is 5.82 Å². The fourth-order valence-corrected chi connectivity index (χ4v) is 4.31. The van der Waals surface area contributed by atoms with Crippen LogP contribution in [0.4, 0.5) is 5.82 Å². The number of carbonyl (C=O) groups is 1. The first-order valence-electron chi connectivity index (χ1n) is 8.47. The van der Waals surface area contributed by atoms with E-state index in [1.54, 1.807) is 12.3 Å². The SMILES string of the molecule is CCOc1nc(-c2ccnc(NC(=O)c3sccc3C)c2)sc1-c1ncn[nH]1. The molecule has 0 aliphatic rings. The molecule has 4 aromatic rings. The number of aryl methyl sites for hydroxylation is 1. The second kappa shape index (κ2) is 7.87. The Hall–Kier alpha value is -3.11. The van der Waals surface area contributed by atoms with Gasteiger partial charge in [0.1, 0.15) is 22.0 Å². The molecule has 0 spiro atoms. The summed E-state index contributed by atoms with van der Waals surface area (Å²) in [5.74, 6) is 1.39. The highest BCUT2D eigenvalue weighted by Gasteiger charge is 2.18. The zero-order chi connectivity index (χ0) is 19.5. The number of aromatic amines is 1. The van der Waals surface area contributed by atoms with Gasteiger partial charge in [0.25, 0.3) is 5.91 Å². The van der Waals surface area contributed by atoms with Gasteiger partial charge in [0.05, 0.1) is 11.5 Å². The van der Waals surface area contributed by atoms with E-state index in [0.29, 0.717) is 29.0 Å². The number of nitrogens with zero attached hydrogens (tertiary/aromatic N) is 4. The molecular formula is C18H16N6O2S2. The lowest BCUT2D eigenvalue weighted by molar-refractivity contribution is 0.102. The fraction of sp³-hybridized carbons (Fsp3) is 0.167. The molecule has 4 rings (SSSR count). The summed E-state index contributed by atoms with van der Waals surface area (Å²) in [5, 5.41) is 12.2. The number of hydrogen-bond donors (Lipinski definition) is 2. The van der Waals surface area contributed by atoms with Crippen molar-refractivity contribution in [3.63, 3.8) is 0 Å². The molecule has 0 radical (unpaired) electrons. The van der Waals surface area contributed by atoms with E-state index < -0.39 is 0 Å². The number of nitrogens with one attached hydrogen (secondary N) is 2. The van der Waals surface area contributed by atoms with Crippen molar-refractivity contribution in [3.8, 4) is 27.2 Å². The van der Waals surface area contributed by atoms with Crippen LogP contribution < -0.4 is 10.1 Å². The molecule has 0 atom stereocenters. The number of hydrogen-bond acceptors (Lipinski definition) is 8. The molecule has 142 valence electrons. The van der Waals surface area contributed by atoms with Crippen molar-refractivity contribution in [2.24, 2.45) is 0 Å². The molecule has 0 unspecified atom stereocenters. The number of thiazole rings is 1. The average molecular weight is 413 g/mol. The third kappa shape index (κ3) is 3.64. The van der Waals surface area contributed by atoms with Gasteiger partial charge in [-0.2, -0.15) is 5.10 Å². The molecule has 8 nitrogen and oxygen atoms in total. The molecule has 2 N–H and O–H groups in total. The number of amides is 1. The van der Waals surface area contributed by atoms with E-state index in [0.717, 1.165) is 21.0 Å². The molecule has 0 aromatic carbocycles. The normalized spacial score (nSPS) is 10.8. The lowest BCUT2D eigenvalue weighted by atomic mass is 10.2. The van der Waals surface area contributed by atoms with Crippen LogP contribution in [-0.2, 0) is 0 Å². The van der Waals surface area contributed by atoms with Gasteiger partial charge >= 0.3 is 0 Å². The first-order chi connectivity index (χ1) is 13.7. The summed E-state index contributed by atoms with van der Waals surface area (Å²) in [6, 6.07) is 5.55. The number of rotatable bonds is 6. The second-order valence-electron chi connectivity index (χ2n) is 5.74. The number of anilines is 1. The second-order valence-corrected chi connectivity index (χ2v) is 7.65. The first-order valence-corrected chi connectivity index (χ1v) is 10.2. The maximum absolute atomic E-state index is 12.4. The van der Waals surface area contributed by atoms with E-state index in [-0.39, 0.29) is 5.91 Å². The minimum absolute atomic E-state index is 0.173. The summed E-state index contributed by atoms with van der Waals surface area (Å²) in [6.45, 7) is 4.29.